The number of rotatable bonds is 11. The molecule has 23 heavy (non-hydrogen) atoms. The van der Waals surface area contributed by atoms with Crippen LogP contribution < -0.4 is 0 Å². The smallest absolute Gasteiger partial charge is 0.114 e. The van der Waals surface area contributed by atoms with E-state index in [1.807, 2.05) is 6.92 Å². The lowest BCUT2D eigenvalue weighted by Crippen LogP contribution is -2.59. The first kappa shape index (κ1) is 20.9. The van der Waals surface area contributed by atoms with Gasteiger partial charge in [-0.25, -0.2) is 0 Å². The lowest BCUT2D eigenvalue weighted by atomic mass is 9.82. The van der Waals surface area contributed by atoms with Crippen molar-refractivity contribution in [1.29, 1.82) is 0 Å². The van der Waals surface area contributed by atoms with Crippen LogP contribution in [0.1, 0.15) is 78.6 Å². The van der Waals surface area contributed by atoms with E-state index in [1.165, 1.54) is 44.9 Å². The van der Waals surface area contributed by atoms with Crippen molar-refractivity contribution >= 4 is 0 Å². The molecule has 1 aliphatic rings. The Balaban J connectivity index is 2.68. The second-order valence-corrected chi connectivity index (χ2v) is 7.09. The SMILES string of the molecule is CCCCCCC(CCCCC)C1OC(C)C(O)C(OC)C1O. The van der Waals surface area contributed by atoms with Gasteiger partial charge in [0.05, 0.1) is 12.2 Å². The van der Waals surface area contributed by atoms with Gasteiger partial charge in [0.2, 0.25) is 0 Å². The van der Waals surface area contributed by atoms with Gasteiger partial charge in [0.15, 0.2) is 0 Å². The van der Waals surface area contributed by atoms with Crippen LogP contribution in [-0.4, -0.2) is 47.8 Å². The van der Waals surface area contributed by atoms with Gasteiger partial charge in [0.25, 0.3) is 0 Å². The molecule has 1 aliphatic heterocycles. The Hall–Kier alpha value is -0.160. The summed E-state index contributed by atoms with van der Waals surface area (Å²) in [4.78, 5) is 0. The van der Waals surface area contributed by atoms with Crippen molar-refractivity contribution in [2.45, 2.75) is 109 Å². The van der Waals surface area contributed by atoms with Gasteiger partial charge in [-0.2, -0.15) is 0 Å². The Morgan fingerprint density at radius 1 is 0.913 bits per heavy atom. The van der Waals surface area contributed by atoms with Crippen LogP contribution in [0.25, 0.3) is 0 Å². The van der Waals surface area contributed by atoms with Gasteiger partial charge >= 0.3 is 0 Å². The van der Waals surface area contributed by atoms with Crippen LogP contribution in [0.3, 0.4) is 0 Å². The fourth-order valence-corrected chi connectivity index (χ4v) is 3.70. The van der Waals surface area contributed by atoms with Crippen LogP contribution >= 0.6 is 0 Å². The maximum atomic E-state index is 10.6. The molecule has 0 spiro atoms. The Morgan fingerprint density at radius 2 is 1.48 bits per heavy atom. The fourth-order valence-electron chi connectivity index (χ4n) is 3.70. The molecule has 0 bridgehead atoms. The van der Waals surface area contributed by atoms with E-state index in [0.717, 1.165) is 12.8 Å². The summed E-state index contributed by atoms with van der Waals surface area (Å²) in [5.41, 5.74) is 0. The maximum absolute atomic E-state index is 10.6. The molecule has 1 heterocycles. The largest absolute Gasteiger partial charge is 0.388 e. The zero-order chi connectivity index (χ0) is 17.2. The van der Waals surface area contributed by atoms with E-state index in [1.54, 1.807) is 7.11 Å². The predicted octanol–water partition coefficient (Wildman–Crippen LogP) is 3.68. The van der Waals surface area contributed by atoms with E-state index in [2.05, 4.69) is 13.8 Å². The highest BCUT2D eigenvalue weighted by atomic mass is 16.6. The molecule has 138 valence electrons. The Kier molecular flexibility index (Phi) is 10.4. The van der Waals surface area contributed by atoms with Gasteiger partial charge in [0, 0.05) is 7.11 Å². The number of hydrogen-bond acceptors (Lipinski definition) is 4. The zero-order valence-corrected chi connectivity index (χ0v) is 15.5. The van der Waals surface area contributed by atoms with Gasteiger partial charge in [-0.15, -0.1) is 0 Å². The van der Waals surface area contributed by atoms with Crippen molar-refractivity contribution in [3.8, 4) is 0 Å². The molecule has 0 saturated carbocycles. The monoisotopic (exact) mass is 330 g/mol. The van der Waals surface area contributed by atoms with Crippen LogP contribution in [0, 0.1) is 5.92 Å². The summed E-state index contributed by atoms with van der Waals surface area (Å²) < 4.78 is 11.4. The summed E-state index contributed by atoms with van der Waals surface area (Å²) in [6, 6.07) is 0. The first-order chi connectivity index (χ1) is 11.1. The molecule has 1 fully saturated rings. The summed E-state index contributed by atoms with van der Waals surface area (Å²) in [6.07, 6.45) is 8.13. The van der Waals surface area contributed by atoms with Crippen molar-refractivity contribution in [3.63, 3.8) is 0 Å². The summed E-state index contributed by atoms with van der Waals surface area (Å²) in [5.74, 6) is 0.348. The molecule has 0 aromatic carbocycles. The summed E-state index contributed by atoms with van der Waals surface area (Å²) in [5, 5.41) is 20.8. The zero-order valence-electron chi connectivity index (χ0n) is 15.5. The van der Waals surface area contributed by atoms with Gasteiger partial charge in [-0.05, 0) is 25.7 Å². The van der Waals surface area contributed by atoms with Crippen LogP contribution in [0.2, 0.25) is 0 Å². The predicted molar refractivity (Wildman–Crippen MR) is 93.5 cm³/mol. The van der Waals surface area contributed by atoms with Crippen molar-refractivity contribution in [3.05, 3.63) is 0 Å². The van der Waals surface area contributed by atoms with E-state index in [0.29, 0.717) is 5.92 Å². The average Bonchev–Trinajstić information content (AvgIpc) is 2.54. The molecule has 0 aromatic heterocycles. The number of ether oxygens (including phenoxy) is 2. The van der Waals surface area contributed by atoms with Crippen molar-refractivity contribution in [2.24, 2.45) is 5.92 Å². The van der Waals surface area contributed by atoms with Crippen molar-refractivity contribution in [2.75, 3.05) is 7.11 Å². The topological polar surface area (TPSA) is 58.9 Å². The Bertz CT molecular complexity index is 297. The lowest BCUT2D eigenvalue weighted by Gasteiger charge is -2.44. The molecule has 1 rings (SSSR count). The Morgan fingerprint density at radius 3 is 2.04 bits per heavy atom. The number of hydrogen-bond donors (Lipinski definition) is 2. The van der Waals surface area contributed by atoms with E-state index in [9.17, 15) is 10.2 Å². The molecule has 0 amide bonds. The van der Waals surface area contributed by atoms with Gasteiger partial charge in [0.1, 0.15) is 18.3 Å². The number of unbranched alkanes of at least 4 members (excludes halogenated alkanes) is 5. The molecule has 0 radical (unpaired) electrons. The van der Waals surface area contributed by atoms with Crippen LogP contribution in [0.4, 0.5) is 0 Å². The maximum Gasteiger partial charge on any atom is 0.114 e. The van der Waals surface area contributed by atoms with E-state index < -0.39 is 18.3 Å². The van der Waals surface area contributed by atoms with E-state index >= 15 is 0 Å². The molecule has 0 aromatic rings. The highest BCUT2D eigenvalue weighted by Crippen LogP contribution is 2.32. The summed E-state index contributed by atoms with van der Waals surface area (Å²) in [7, 11) is 1.56. The minimum absolute atomic E-state index is 0.225. The second-order valence-electron chi connectivity index (χ2n) is 7.09. The molecule has 4 heteroatoms. The third kappa shape index (κ3) is 6.33. The molecule has 0 aliphatic carbocycles. The van der Waals surface area contributed by atoms with Crippen LogP contribution in [-0.2, 0) is 9.47 Å². The highest BCUT2D eigenvalue weighted by molar-refractivity contribution is 4.94. The van der Waals surface area contributed by atoms with Crippen molar-refractivity contribution in [1.82, 2.24) is 0 Å². The quantitative estimate of drug-likeness (QED) is 0.567. The molecule has 6 atom stereocenters. The van der Waals surface area contributed by atoms with Gasteiger partial charge in [-0.3, -0.25) is 0 Å². The number of methoxy groups -OCH3 is 1. The minimum atomic E-state index is -0.761. The van der Waals surface area contributed by atoms with Crippen molar-refractivity contribution < 1.29 is 19.7 Å². The average molecular weight is 331 g/mol. The minimum Gasteiger partial charge on any atom is -0.388 e. The summed E-state index contributed by atoms with van der Waals surface area (Å²) in [6.45, 7) is 6.30. The molecule has 6 unspecified atom stereocenters. The molecule has 1 saturated heterocycles. The van der Waals surface area contributed by atoms with Crippen LogP contribution in [0.5, 0.6) is 0 Å². The third-order valence-corrected chi connectivity index (χ3v) is 5.21. The Labute approximate surface area is 142 Å². The molecular formula is C19H38O4. The first-order valence-electron chi connectivity index (χ1n) is 9.61. The molecule has 4 nitrogen and oxygen atoms in total. The van der Waals surface area contributed by atoms with Gasteiger partial charge < -0.3 is 19.7 Å². The fraction of sp³-hybridized carbons (Fsp3) is 1.00. The molecular weight excluding hydrogens is 292 g/mol. The number of aliphatic hydroxyl groups is 2. The van der Waals surface area contributed by atoms with E-state index in [4.69, 9.17) is 9.47 Å². The van der Waals surface area contributed by atoms with Crippen LogP contribution in [0.15, 0.2) is 0 Å². The number of aliphatic hydroxyl groups excluding tert-OH is 2. The van der Waals surface area contributed by atoms with Gasteiger partial charge in [-0.1, -0.05) is 58.8 Å². The van der Waals surface area contributed by atoms with E-state index in [-0.39, 0.29) is 12.2 Å². The standard InChI is InChI=1S/C19H38O4/c1-5-7-9-11-13-15(12-10-8-6-2)18-17(21)19(22-4)16(20)14(3)23-18/h14-21H,5-13H2,1-4H3. The first-order valence-corrected chi connectivity index (χ1v) is 9.61. The highest BCUT2D eigenvalue weighted by Gasteiger charge is 2.45. The second kappa shape index (κ2) is 11.4. The lowest BCUT2D eigenvalue weighted by molar-refractivity contribution is -0.237. The molecule has 2 N–H and O–H groups in total. The normalized spacial score (nSPS) is 32.9. The third-order valence-electron chi connectivity index (χ3n) is 5.21. The summed E-state index contributed by atoms with van der Waals surface area (Å²) >= 11 is 0.